The van der Waals surface area contributed by atoms with Gasteiger partial charge >= 0.3 is 0 Å². The summed E-state index contributed by atoms with van der Waals surface area (Å²) >= 11 is 6.16. The van der Waals surface area contributed by atoms with Crippen molar-refractivity contribution >= 4 is 40.1 Å². The molecule has 1 aromatic heterocycles. The molecule has 5 aromatic rings. The first-order chi connectivity index (χ1) is 19.9. The van der Waals surface area contributed by atoms with Crippen molar-refractivity contribution in [1.29, 1.82) is 0 Å². The summed E-state index contributed by atoms with van der Waals surface area (Å²) in [6.45, 7) is -0.0618. The Morgan fingerprint density at radius 2 is 1.73 bits per heavy atom. The van der Waals surface area contributed by atoms with Gasteiger partial charge in [0.2, 0.25) is 12.7 Å². The highest BCUT2D eigenvalue weighted by Crippen LogP contribution is 2.35. The minimum Gasteiger partial charge on any atom is -0.454 e. The summed E-state index contributed by atoms with van der Waals surface area (Å²) in [4.78, 5) is 29.5. The minimum absolute atomic E-state index is 0.0214. The van der Waals surface area contributed by atoms with Crippen molar-refractivity contribution in [2.24, 2.45) is 0 Å². The van der Waals surface area contributed by atoms with Crippen LogP contribution in [0.3, 0.4) is 0 Å². The van der Waals surface area contributed by atoms with E-state index >= 15 is 0 Å². The van der Waals surface area contributed by atoms with Gasteiger partial charge in [0, 0.05) is 23.3 Å². The first-order valence-corrected chi connectivity index (χ1v) is 13.1. The standard InChI is InChI=1S/C30H23ClFN5O4/c31-21-9-7-20(8-10-21)29(30(39)33-23-13-14-26-27(15-23)41-18-40-26)36(16-19-5-11-22(32)12-6-19)28(38)17-37-25-4-2-1-3-24(25)34-35-37/h1-15,29H,16-18H2,(H,33,39)/t29-/m0/s1. The van der Waals surface area contributed by atoms with Gasteiger partial charge in [-0.3, -0.25) is 9.59 Å². The van der Waals surface area contributed by atoms with Gasteiger partial charge in [0.1, 0.15) is 23.9 Å². The van der Waals surface area contributed by atoms with Crippen LogP contribution in [0.1, 0.15) is 17.2 Å². The van der Waals surface area contributed by atoms with E-state index in [1.807, 2.05) is 18.2 Å². The quantitative estimate of drug-likeness (QED) is 0.269. The van der Waals surface area contributed by atoms with E-state index in [1.165, 1.54) is 21.7 Å². The molecule has 206 valence electrons. The SMILES string of the molecule is O=C(Nc1ccc2c(c1)OCO2)[C@H](c1ccc(Cl)cc1)N(Cc1ccc(F)cc1)C(=O)Cn1nnc2ccccc21. The molecule has 0 fully saturated rings. The molecule has 0 unspecified atom stereocenters. The number of benzene rings is 4. The molecular formula is C30H23ClFN5O4. The summed E-state index contributed by atoms with van der Waals surface area (Å²) in [6, 6.07) is 23.7. The Kier molecular flexibility index (Phi) is 7.22. The van der Waals surface area contributed by atoms with E-state index in [9.17, 15) is 14.0 Å². The monoisotopic (exact) mass is 571 g/mol. The predicted molar refractivity (Wildman–Crippen MR) is 150 cm³/mol. The van der Waals surface area contributed by atoms with Gasteiger partial charge in [-0.25, -0.2) is 9.07 Å². The van der Waals surface area contributed by atoms with Gasteiger partial charge in [0.25, 0.3) is 5.91 Å². The number of nitrogens with zero attached hydrogens (tertiary/aromatic N) is 4. The maximum absolute atomic E-state index is 14.0. The molecule has 6 rings (SSSR count). The number of halogens is 2. The van der Waals surface area contributed by atoms with E-state index in [0.29, 0.717) is 44.4 Å². The Hall–Kier alpha value is -4.96. The number of hydrogen-bond acceptors (Lipinski definition) is 6. The zero-order chi connectivity index (χ0) is 28.3. The van der Waals surface area contributed by atoms with E-state index in [0.717, 1.165) is 0 Å². The van der Waals surface area contributed by atoms with E-state index < -0.39 is 23.7 Å². The van der Waals surface area contributed by atoms with Gasteiger partial charge in [-0.1, -0.05) is 53.2 Å². The van der Waals surface area contributed by atoms with Crippen molar-refractivity contribution in [1.82, 2.24) is 19.9 Å². The zero-order valence-corrected chi connectivity index (χ0v) is 22.3. The fraction of sp³-hybridized carbons (Fsp3) is 0.133. The summed E-state index contributed by atoms with van der Waals surface area (Å²) in [6.07, 6.45) is 0. The van der Waals surface area contributed by atoms with Gasteiger partial charge in [0.15, 0.2) is 11.5 Å². The molecule has 0 aliphatic carbocycles. The number of rotatable bonds is 8. The maximum Gasteiger partial charge on any atom is 0.251 e. The lowest BCUT2D eigenvalue weighted by Gasteiger charge is -2.31. The van der Waals surface area contributed by atoms with Crippen LogP contribution in [0, 0.1) is 5.82 Å². The van der Waals surface area contributed by atoms with E-state index in [-0.39, 0.29) is 19.9 Å². The van der Waals surface area contributed by atoms with Crippen LogP contribution in [0.2, 0.25) is 5.02 Å². The first-order valence-electron chi connectivity index (χ1n) is 12.7. The van der Waals surface area contributed by atoms with E-state index in [1.54, 1.807) is 60.7 Å². The molecule has 2 amide bonds. The van der Waals surface area contributed by atoms with Gasteiger partial charge in [0.05, 0.1) is 5.52 Å². The third-order valence-electron chi connectivity index (χ3n) is 6.68. The molecule has 1 atom stereocenters. The summed E-state index contributed by atoms with van der Waals surface area (Å²) in [5, 5.41) is 11.7. The third-order valence-corrected chi connectivity index (χ3v) is 6.93. The van der Waals surface area contributed by atoms with Crippen LogP contribution < -0.4 is 14.8 Å². The van der Waals surface area contributed by atoms with E-state index in [2.05, 4.69) is 15.6 Å². The summed E-state index contributed by atoms with van der Waals surface area (Å²) < 4.78 is 26.0. The van der Waals surface area contributed by atoms with Crippen LogP contribution in [-0.4, -0.2) is 38.5 Å². The molecule has 0 spiro atoms. The number of ether oxygens (including phenoxy) is 2. The predicted octanol–water partition coefficient (Wildman–Crippen LogP) is 5.36. The second kappa shape index (κ2) is 11.3. The number of carbonyl (C=O) groups excluding carboxylic acids is 2. The lowest BCUT2D eigenvalue weighted by atomic mass is 10.0. The molecule has 1 aliphatic heterocycles. The average Bonchev–Trinajstić information content (AvgIpc) is 3.61. The number of para-hydroxylation sites is 1. The first kappa shape index (κ1) is 26.3. The Morgan fingerprint density at radius 3 is 2.54 bits per heavy atom. The topological polar surface area (TPSA) is 98.6 Å². The van der Waals surface area contributed by atoms with E-state index in [4.69, 9.17) is 21.1 Å². The number of hydrogen-bond donors (Lipinski definition) is 1. The molecule has 0 saturated heterocycles. The number of aromatic nitrogens is 3. The van der Waals surface area contributed by atoms with Crippen LogP contribution in [0.4, 0.5) is 10.1 Å². The van der Waals surface area contributed by atoms with Crippen LogP contribution in [-0.2, 0) is 22.7 Å². The van der Waals surface area contributed by atoms with Crippen molar-refractivity contribution < 1.29 is 23.5 Å². The summed E-state index contributed by atoms with van der Waals surface area (Å²) in [7, 11) is 0. The van der Waals surface area contributed by atoms with Crippen LogP contribution in [0.5, 0.6) is 11.5 Å². The van der Waals surface area contributed by atoms with Crippen LogP contribution in [0.25, 0.3) is 11.0 Å². The highest BCUT2D eigenvalue weighted by molar-refractivity contribution is 6.30. The number of nitrogens with one attached hydrogen (secondary N) is 1. The fourth-order valence-corrected chi connectivity index (χ4v) is 4.79. The molecule has 0 bridgehead atoms. The molecule has 1 aliphatic rings. The molecule has 1 N–H and O–H groups in total. The Bertz CT molecular complexity index is 1730. The zero-order valence-electron chi connectivity index (χ0n) is 21.5. The molecule has 9 nitrogen and oxygen atoms in total. The van der Waals surface area contributed by atoms with Gasteiger partial charge < -0.3 is 19.7 Å². The summed E-state index contributed by atoms with van der Waals surface area (Å²) in [5.41, 5.74) is 2.95. The minimum atomic E-state index is -1.08. The van der Waals surface area contributed by atoms with Crippen LogP contribution in [0.15, 0.2) is 91.0 Å². The smallest absolute Gasteiger partial charge is 0.251 e. The van der Waals surface area contributed by atoms with Crippen molar-refractivity contribution in [3.63, 3.8) is 0 Å². The second-order valence-electron chi connectivity index (χ2n) is 9.40. The molecule has 2 heterocycles. The van der Waals surface area contributed by atoms with Crippen molar-refractivity contribution in [2.45, 2.75) is 19.1 Å². The number of fused-ring (bicyclic) bond motifs is 2. The highest BCUT2D eigenvalue weighted by atomic mass is 35.5. The number of carbonyl (C=O) groups is 2. The van der Waals surface area contributed by atoms with Crippen molar-refractivity contribution in [3.05, 3.63) is 113 Å². The van der Waals surface area contributed by atoms with Crippen molar-refractivity contribution in [3.8, 4) is 11.5 Å². The lowest BCUT2D eigenvalue weighted by Crippen LogP contribution is -2.42. The van der Waals surface area contributed by atoms with Gasteiger partial charge in [-0.05, 0) is 59.7 Å². The average molecular weight is 572 g/mol. The Morgan fingerprint density at radius 1 is 0.976 bits per heavy atom. The van der Waals surface area contributed by atoms with Gasteiger partial charge in [-0.2, -0.15) is 0 Å². The molecule has 0 saturated carbocycles. The van der Waals surface area contributed by atoms with Crippen molar-refractivity contribution in [2.75, 3.05) is 12.1 Å². The Labute approximate surface area is 239 Å². The highest BCUT2D eigenvalue weighted by Gasteiger charge is 2.32. The molecular weight excluding hydrogens is 549 g/mol. The largest absolute Gasteiger partial charge is 0.454 e. The van der Waals surface area contributed by atoms with Gasteiger partial charge in [-0.15, -0.1) is 5.10 Å². The third kappa shape index (κ3) is 5.68. The lowest BCUT2D eigenvalue weighted by molar-refractivity contribution is -0.140. The molecule has 0 radical (unpaired) electrons. The normalized spacial score (nSPS) is 12.7. The Balaban J connectivity index is 1.38. The number of amides is 2. The molecule has 11 heteroatoms. The molecule has 4 aromatic carbocycles. The van der Waals surface area contributed by atoms with Crippen LogP contribution >= 0.6 is 11.6 Å². The molecule has 41 heavy (non-hydrogen) atoms. The number of anilines is 1. The summed E-state index contributed by atoms with van der Waals surface area (Å²) in [5.74, 6) is -0.194. The maximum atomic E-state index is 14.0. The fourth-order valence-electron chi connectivity index (χ4n) is 4.67. The second-order valence-corrected chi connectivity index (χ2v) is 9.83.